The fraction of sp³-hybridized carbons (Fsp3) is 0.381. The van der Waals surface area contributed by atoms with Gasteiger partial charge in [0.05, 0.1) is 12.0 Å². The number of rotatable bonds is 6. The molecule has 2 aromatic rings. The molecule has 4 rings (SSSR count). The van der Waals surface area contributed by atoms with E-state index < -0.39 is 10.0 Å². The van der Waals surface area contributed by atoms with Crippen LogP contribution in [0.1, 0.15) is 18.4 Å². The summed E-state index contributed by atoms with van der Waals surface area (Å²) in [7, 11) is -1.92. The summed E-state index contributed by atoms with van der Waals surface area (Å²) >= 11 is 0. The zero-order chi connectivity index (χ0) is 20.4. The average Bonchev–Trinajstić information content (AvgIpc) is 3.33. The van der Waals surface area contributed by atoms with Crippen molar-refractivity contribution in [3.8, 4) is 5.75 Å². The van der Waals surface area contributed by atoms with Gasteiger partial charge in [-0.05, 0) is 48.6 Å². The zero-order valence-corrected chi connectivity index (χ0v) is 17.1. The molecule has 7 nitrogen and oxygen atoms in total. The van der Waals surface area contributed by atoms with Gasteiger partial charge in [-0.2, -0.15) is 0 Å². The van der Waals surface area contributed by atoms with Crippen LogP contribution in [-0.2, 0) is 16.6 Å². The normalized spacial score (nSPS) is 23.2. The summed E-state index contributed by atoms with van der Waals surface area (Å²) in [5.41, 5.74) is 0.997. The summed E-state index contributed by atoms with van der Waals surface area (Å²) in [5, 5.41) is 2.96. The number of methoxy groups -OCH3 is 1. The Labute approximate surface area is 171 Å². The van der Waals surface area contributed by atoms with Crippen LogP contribution >= 0.6 is 0 Å². The molecule has 154 valence electrons. The number of carbonyl (C=O) groups is 1. The van der Waals surface area contributed by atoms with Gasteiger partial charge in [-0.3, -0.25) is 0 Å². The molecule has 2 N–H and O–H groups in total. The molecule has 2 amide bonds. The van der Waals surface area contributed by atoms with Crippen molar-refractivity contribution in [1.82, 2.24) is 14.9 Å². The summed E-state index contributed by atoms with van der Waals surface area (Å²) < 4.78 is 33.1. The number of fused-ring (bicyclic) bond motifs is 2. The van der Waals surface area contributed by atoms with Gasteiger partial charge < -0.3 is 15.0 Å². The summed E-state index contributed by atoms with van der Waals surface area (Å²) in [6.07, 6.45) is 1.48. The monoisotopic (exact) mass is 415 g/mol. The van der Waals surface area contributed by atoms with Crippen LogP contribution < -0.4 is 14.8 Å². The lowest BCUT2D eigenvalue weighted by atomic mass is 10.0. The predicted molar refractivity (Wildman–Crippen MR) is 109 cm³/mol. The van der Waals surface area contributed by atoms with E-state index in [4.69, 9.17) is 4.74 Å². The Morgan fingerprint density at radius 2 is 1.83 bits per heavy atom. The second kappa shape index (κ2) is 8.04. The van der Waals surface area contributed by atoms with E-state index in [1.807, 2.05) is 29.2 Å². The number of nitrogens with zero attached hydrogens (tertiary/aromatic N) is 1. The molecular weight excluding hydrogens is 390 g/mol. The van der Waals surface area contributed by atoms with Crippen molar-refractivity contribution >= 4 is 16.1 Å². The number of sulfonamides is 1. The van der Waals surface area contributed by atoms with Gasteiger partial charge in [0.1, 0.15) is 5.75 Å². The lowest BCUT2D eigenvalue weighted by Crippen LogP contribution is -2.50. The smallest absolute Gasteiger partial charge is 0.317 e. The van der Waals surface area contributed by atoms with E-state index in [2.05, 4.69) is 10.0 Å². The van der Waals surface area contributed by atoms with Crippen LogP contribution in [0.15, 0.2) is 59.5 Å². The van der Waals surface area contributed by atoms with Crippen LogP contribution in [-0.4, -0.2) is 45.1 Å². The van der Waals surface area contributed by atoms with Crippen LogP contribution in [0.2, 0.25) is 0 Å². The summed E-state index contributed by atoms with van der Waals surface area (Å²) in [5.74, 6) is 0.922. The number of hydrogen-bond acceptors (Lipinski definition) is 4. The largest absolute Gasteiger partial charge is 0.497 e. The molecule has 8 heteroatoms. The van der Waals surface area contributed by atoms with E-state index in [-0.39, 0.29) is 28.9 Å². The summed E-state index contributed by atoms with van der Waals surface area (Å²) in [4.78, 5) is 14.7. The maximum atomic E-state index is 12.6. The van der Waals surface area contributed by atoms with Crippen LogP contribution in [0.25, 0.3) is 0 Å². The first-order chi connectivity index (χ1) is 14.0. The van der Waals surface area contributed by atoms with Crippen molar-refractivity contribution < 1.29 is 17.9 Å². The third kappa shape index (κ3) is 4.23. The van der Waals surface area contributed by atoms with Crippen molar-refractivity contribution in [2.45, 2.75) is 36.4 Å². The highest BCUT2D eigenvalue weighted by Gasteiger charge is 2.47. The standard InChI is InChI=1S/C21H25N3O4S/c1-28-18-9-7-15(8-10-18)13-22-21(25)24-14-16-11-17(24)12-20(16)23-29(26,27)19-5-3-2-4-6-19/h2-10,16-17,20,23H,11-14H2,1H3,(H,22,25)/t16-,17-,20-/m0/s1. The quantitative estimate of drug-likeness (QED) is 0.758. The first kappa shape index (κ1) is 19.7. The molecule has 0 radical (unpaired) electrons. The molecule has 2 fully saturated rings. The Morgan fingerprint density at radius 1 is 1.10 bits per heavy atom. The number of piperidine rings is 1. The van der Waals surface area contributed by atoms with Gasteiger partial charge in [0.2, 0.25) is 10.0 Å². The van der Waals surface area contributed by atoms with Crippen LogP contribution in [0.3, 0.4) is 0 Å². The van der Waals surface area contributed by atoms with Gasteiger partial charge in [0, 0.05) is 25.2 Å². The van der Waals surface area contributed by atoms with Gasteiger partial charge in [-0.1, -0.05) is 30.3 Å². The SMILES string of the molecule is COc1ccc(CNC(=O)N2C[C@@H]3C[C@H]2C[C@@H]3NS(=O)(=O)c2ccccc2)cc1. The summed E-state index contributed by atoms with van der Waals surface area (Å²) in [6, 6.07) is 15.8. The van der Waals surface area contributed by atoms with Gasteiger partial charge >= 0.3 is 6.03 Å². The first-order valence-electron chi connectivity index (χ1n) is 9.71. The minimum absolute atomic E-state index is 0.0688. The number of amides is 2. The Kier molecular flexibility index (Phi) is 5.47. The van der Waals surface area contributed by atoms with E-state index in [9.17, 15) is 13.2 Å². The van der Waals surface area contributed by atoms with Gasteiger partial charge in [0.25, 0.3) is 0 Å². The predicted octanol–water partition coefficient (Wildman–Crippen LogP) is 2.35. The van der Waals surface area contributed by atoms with Crippen LogP contribution in [0.5, 0.6) is 5.75 Å². The Hall–Kier alpha value is -2.58. The minimum Gasteiger partial charge on any atom is -0.497 e. The van der Waals surface area contributed by atoms with Gasteiger partial charge in [0.15, 0.2) is 0 Å². The second-order valence-corrected chi connectivity index (χ2v) is 9.30. The maximum Gasteiger partial charge on any atom is 0.317 e. The highest BCUT2D eigenvalue weighted by atomic mass is 32.2. The van der Waals surface area contributed by atoms with Crippen molar-refractivity contribution in [1.29, 1.82) is 0 Å². The summed E-state index contributed by atoms with van der Waals surface area (Å²) in [6.45, 7) is 1.02. The van der Waals surface area contributed by atoms with E-state index in [0.29, 0.717) is 19.5 Å². The lowest BCUT2D eigenvalue weighted by molar-refractivity contribution is 0.174. The topological polar surface area (TPSA) is 87.7 Å². The van der Waals surface area contributed by atoms with Crippen molar-refractivity contribution in [2.24, 2.45) is 5.92 Å². The molecule has 1 heterocycles. The second-order valence-electron chi connectivity index (χ2n) is 7.59. The number of benzene rings is 2. The van der Waals surface area contributed by atoms with Crippen LogP contribution in [0.4, 0.5) is 4.79 Å². The fourth-order valence-corrected chi connectivity index (χ4v) is 5.57. The zero-order valence-electron chi connectivity index (χ0n) is 16.2. The number of carbonyl (C=O) groups excluding carboxylic acids is 1. The highest BCUT2D eigenvalue weighted by Crippen LogP contribution is 2.38. The van der Waals surface area contributed by atoms with Gasteiger partial charge in [-0.25, -0.2) is 17.9 Å². The number of likely N-dealkylation sites (tertiary alicyclic amines) is 1. The van der Waals surface area contributed by atoms with Crippen molar-refractivity contribution in [2.75, 3.05) is 13.7 Å². The third-order valence-corrected chi connectivity index (χ3v) is 7.27. The Bertz CT molecular complexity index is 963. The molecule has 2 aromatic carbocycles. The molecule has 3 atom stereocenters. The molecule has 29 heavy (non-hydrogen) atoms. The minimum atomic E-state index is -3.54. The number of ether oxygens (including phenoxy) is 1. The number of urea groups is 1. The molecular formula is C21H25N3O4S. The lowest BCUT2D eigenvalue weighted by Gasteiger charge is -2.32. The molecule has 0 aromatic heterocycles. The third-order valence-electron chi connectivity index (χ3n) is 5.77. The Balaban J connectivity index is 1.31. The molecule has 1 saturated carbocycles. The number of hydrogen-bond donors (Lipinski definition) is 2. The average molecular weight is 416 g/mol. The number of nitrogens with one attached hydrogen (secondary N) is 2. The van der Waals surface area contributed by atoms with Gasteiger partial charge in [-0.15, -0.1) is 0 Å². The maximum absolute atomic E-state index is 12.6. The van der Waals surface area contributed by atoms with Crippen molar-refractivity contribution in [3.05, 3.63) is 60.2 Å². The van der Waals surface area contributed by atoms with Crippen molar-refractivity contribution in [3.63, 3.8) is 0 Å². The van der Waals surface area contributed by atoms with E-state index >= 15 is 0 Å². The van der Waals surface area contributed by atoms with E-state index in [1.54, 1.807) is 37.4 Å². The highest BCUT2D eigenvalue weighted by molar-refractivity contribution is 7.89. The molecule has 1 saturated heterocycles. The first-order valence-corrected chi connectivity index (χ1v) is 11.2. The molecule has 2 aliphatic rings. The van der Waals surface area contributed by atoms with E-state index in [1.165, 1.54) is 0 Å². The molecule has 0 spiro atoms. The fourth-order valence-electron chi connectivity index (χ4n) is 4.24. The molecule has 1 aliphatic heterocycles. The van der Waals surface area contributed by atoms with E-state index in [0.717, 1.165) is 17.7 Å². The van der Waals surface area contributed by atoms with Crippen LogP contribution in [0, 0.1) is 5.92 Å². The molecule has 1 aliphatic carbocycles. The molecule has 0 unspecified atom stereocenters. The Morgan fingerprint density at radius 3 is 2.45 bits per heavy atom. The molecule has 2 bridgehead atoms.